The van der Waals surface area contributed by atoms with E-state index in [2.05, 4.69) is 10.1 Å². The zero-order valence-electron chi connectivity index (χ0n) is 19.8. The minimum atomic E-state index is -4.75. The first-order valence-electron chi connectivity index (χ1n) is 11.7. The van der Waals surface area contributed by atoms with Gasteiger partial charge in [-0.05, 0) is 53.9 Å². The molecule has 1 aliphatic heterocycles. The largest absolute Gasteiger partial charge is 0.573 e. The number of nitrogens with one attached hydrogen (secondary N) is 1. The van der Waals surface area contributed by atoms with Gasteiger partial charge in [0, 0.05) is 36.6 Å². The number of carbonyl (C=O) groups excluding carboxylic acids is 1. The van der Waals surface area contributed by atoms with Crippen LogP contribution in [0.25, 0.3) is 11.3 Å². The minimum absolute atomic E-state index is 0.119. The highest BCUT2D eigenvalue weighted by molar-refractivity contribution is 7.07. The molecular weight excluding hydrogens is 529 g/mol. The molecule has 0 unspecified atom stereocenters. The Morgan fingerprint density at radius 1 is 1.11 bits per heavy atom. The summed E-state index contributed by atoms with van der Waals surface area (Å²) in [7, 11) is 0. The summed E-state index contributed by atoms with van der Waals surface area (Å²) in [6, 6.07) is 13.1. The van der Waals surface area contributed by atoms with Gasteiger partial charge in [0.05, 0.1) is 25.5 Å². The number of halogens is 4. The van der Waals surface area contributed by atoms with Crippen LogP contribution in [0, 0.1) is 0 Å². The fourth-order valence-electron chi connectivity index (χ4n) is 3.79. The Kier molecular flexibility index (Phi) is 9.12. The second-order valence-electron chi connectivity index (χ2n) is 8.25. The molecule has 2 amide bonds. The second kappa shape index (κ2) is 12.5. The predicted molar refractivity (Wildman–Crippen MR) is 136 cm³/mol. The topological polar surface area (TPSA) is 68.1 Å². The fraction of sp³-hybridized carbons (Fsp3) is 0.360. The van der Waals surface area contributed by atoms with E-state index in [0.29, 0.717) is 57.4 Å². The summed E-state index contributed by atoms with van der Waals surface area (Å²) in [4.78, 5) is 19.6. The van der Waals surface area contributed by atoms with Crippen LogP contribution in [0.3, 0.4) is 0 Å². The van der Waals surface area contributed by atoms with Gasteiger partial charge in [0.25, 0.3) is 0 Å². The molecule has 1 fully saturated rings. The van der Waals surface area contributed by atoms with Crippen LogP contribution in [0.15, 0.2) is 58.9 Å². The predicted octanol–water partition coefficient (Wildman–Crippen LogP) is 5.30. The third-order valence-electron chi connectivity index (χ3n) is 5.62. The highest BCUT2D eigenvalue weighted by atomic mass is 35.5. The molecule has 7 nitrogen and oxygen atoms in total. The molecule has 0 spiro atoms. The summed E-state index contributed by atoms with van der Waals surface area (Å²) < 4.78 is 48.9. The van der Waals surface area contributed by atoms with Gasteiger partial charge in [0.15, 0.2) is 4.80 Å². The van der Waals surface area contributed by atoms with Gasteiger partial charge in [-0.1, -0.05) is 23.7 Å². The first-order valence-corrected chi connectivity index (χ1v) is 12.9. The number of benzene rings is 2. The number of urea groups is 1. The van der Waals surface area contributed by atoms with Crippen molar-refractivity contribution in [2.45, 2.75) is 25.9 Å². The van der Waals surface area contributed by atoms with Gasteiger partial charge in [0.1, 0.15) is 5.75 Å². The van der Waals surface area contributed by atoms with Gasteiger partial charge >= 0.3 is 12.4 Å². The van der Waals surface area contributed by atoms with Crippen molar-refractivity contribution < 1.29 is 27.4 Å². The maximum atomic E-state index is 12.5. The highest BCUT2D eigenvalue weighted by Gasteiger charge is 2.31. The first kappa shape index (κ1) is 27.0. The molecule has 12 heteroatoms. The van der Waals surface area contributed by atoms with Crippen LogP contribution in [0.4, 0.5) is 18.0 Å². The van der Waals surface area contributed by atoms with Crippen LogP contribution in [0.1, 0.15) is 12.0 Å². The van der Waals surface area contributed by atoms with E-state index >= 15 is 0 Å². The van der Waals surface area contributed by atoms with Crippen molar-refractivity contribution in [3.8, 4) is 17.0 Å². The summed E-state index contributed by atoms with van der Waals surface area (Å²) in [5.74, 6) is -0.281. The van der Waals surface area contributed by atoms with E-state index < -0.39 is 6.36 Å². The number of amides is 2. The van der Waals surface area contributed by atoms with Gasteiger partial charge in [-0.3, -0.25) is 4.99 Å². The number of ether oxygens (including phenoxy) is 2. The number of morpholine rings is 1. The second-order valence-corrected chi connectivity index (χ2v) is 9.53. The molecule has 0 radical (unpaired) electrons. The van der Waals surface area contributed by atoms with Crippen molar-refractivity contribution in [2.24, 2.45) is 4.99 Å². The number of carbonyl (C=O) groups is 1. The molecule has 198 valence electrons. The van der Waals surface area contributed by atoms with Crippen LogP contribution < -0.4 is 14.9 Å². The summed E-state index contributed by atoms with van der Waals surface area (Å²) in [5, 5.41) is 5.51. The maximum absolute atomic E-state index is 12.5. The number of nitrogens with zero attached hydrogens (tertiary/aromatic N) is 3. The van der Waals surface area contributed by atoms with Crippen LogP contribution in [-0.2, 0) is 17.8 Å². The molecule has 4 rings (SSSR count). The van der Waals surface area contributed by atoms with Crippen molar-refractivity contribution in [2.75, 3.05) is 32.8 Å². The zero-order chi connectivity index (χ0) is 26.3. The van der Waals surface area contributed by atoms with E-state index in [4.69, 9.17) is 21.3 Å². The Bertz CT molecular complexity index is 1240. The molecule has 0 atom stereocenters. The SMILES string of the molecule is O=C(NCCCn1c(-c2ccc(OC(F)(F)F)cc2)cs/c1=N\Cc1ccc(Cl)cc1)N1CCOCC1. The lowest BCUT2D eigenvalue weighted by Gasteiger charge is -2.26. The van der Waals surface area contributed by atoms with Crippen molar-refractivity contribution >= 4 is 29.0 Å². The number of alkyl halides is 3. The molecule has 1 aliphatic rings. The molecule has 0 aliphatic carbocycles. The maximum Gasteiger partial charge on any atom is 0.573 e. The van der Waals surface area contributed by atoms with E-state index in [1.165, 1.54) is 23.5 Å². The van der Waals surface area contributed by atoms with Gasteiger partial charge in [-0.25, -0.2) is 4.79 Å². The molecule has 2 heterocycles. The molecule has 1 saturated heterocycles. The first-order chi connectivity index (χ1) is 17.8. The number of rotatable bonds is 8. The third-order valence-corrected chi connectivity index (χ3v) is 6.78. The van der Waals surface area contributed by atoms with Crippen LogP contribution in [0.5, 0.6) is 5.75 Å². The van der Waals surface area contributed by atoms with Crippen molar-refractivity contribution in [1.82, 2.24) is 14.8 Å². The van der Waals surface area contributed by atoms with E-state index in [-0.39, 0.29) is 11.8 Å². The molecule has 2 aromatic carbocycles. The van der Waals surface area contributed by atoms with E-state index in [1.807, 2.05) is 34.2 Å². The lowest BCUT2D eigenvalue weighted by atomic mass is 10.1. The Labute approximate surface area is 221 Å². The fourth-order valence-corrected chi connectivity index (χ4v) is 4.85. The number of hydrogen-bond donors (Lipinski definition) is 1. The summed E-state index contributed by atoms with van der Waals surface area (Å²) in [5.41, 5.74) is 2.55. The van der Waals surface area contributed by atoms with Gasteiger partial charge in [-0.2, -0.15) is 0 Å². The zero-order valence-corrected chi connectivity index (χ0v) is 21.4. The quantitative estimate of drug-likeness (QED) is 0.384. The smallest absolute Gasteiger partial charge is 0.406 e. The van der Waals surface area contributed by atoms with E-state index in [0.717, 1.165) is 21.6 Å². The molecule has 3 aromatic rings. The standard InChI is InChI=1S/C25H26ClF3N4O3S/c26-20-6-2-18(3-7-20)16-31-24-33(11-1-10-30-23(34)32-12-14-35-15-13-32)22(17-37-24)19-4-8-21(9-5-19)36-25(27,28)29/h2-9,17H,1,10-16H2,(H,30,34)/b31-24-. The highest BCUT2D eigenvalue weighted by Crippen LogP contribution is 2.27. The number of aromatic nitrogens is 1. The van der Waals surface area contributed by atoms with Gasteiger partial charge < -0.3 is 24.3 Å². The van der Waals surface area contributed by atoms with Crippen molar-refractivity contribution in [3.63, 3.8) is 0 Å². The van der Waals surface area contributed by atoms with Gasteiger partial charge in [-0.15, -0.1) is 24.5 Å². The molecule has 0 saturated carbocycles. The minimum Gasteiger partial charge on any atom is -0.406 e. The molecule has 37 heavy (non-hydrogen) atoms. The molecular formula is C25H26ClF3N4O3S. The Balaban J connectivity index is 1.49. The van der Waals surface area contributed by atoms with Crippen LogP contribution in [-0.4, -0.2) is 54.7 Å². The normalized spacial score (nSPS) is 14.6. The molecule has 0 bridgehead atoms. The Hall–Kier alpha value is -3.02. The third kappa shape index (κ3) is 7.98. The van der Waals surface area contributed by atoms with E-state index in [1.54, 1.807) is 17.0 Å². The van der Waals surface area contributed by atoms with E-state index in [9.17, 15) is 18.0 Å². The average Bonchev–Trinajstić information content (AvgIpc) is 3.29. The number of thiazole rings is 1. The molecule has 1 N–H and O–H groups in total. The lowest BCUT2D eigenvalue weighted by molar-refractivity contribution is -0.274. The summed E-state index contributed by atoms with van der Waals surface area (Å²) >= 11 is 7.42. The van der Waals surface area contributed by atoms with Crippen LogP contribution in [0.2, 0.25) is 5.02 Å². The molecule has 1 aromatic heterocycles. The Morgan fingerprint density at radius 3 is 2.49 bits per heavy atom. The number of hydrogen-bond acceptors (Lipinski definition) is 5. The summed E-state index contributed by atoms with van der Waals surface area (Å²) in [6.07, 6.45) is -4.10. The van der Waals surface area contributed by atoms with Crippen LogP contribution >= 0.6 is 22.9 Å². The van der Waals surface area contributed by atoms with Crippen molar-refractivity contribution in [1.29, 1.82) is 0 Å². The van der Waals surface area contributed by atoms with Crippen molar-refractivity contribution in [3.05, 3.63) is 69.3 Å². The Morgan fingerprint density at radius 2 is 1.81 bits per heavy atom. The van der Waals surface area contributed by atoms with Gasteiger partial charge in [0.2, 0.25) is 0 Å². The summed E-state index contributed by atoms with van der Waals surface area (Å²) in [6.45, 7) is 3.67. The monoisotopic (exact) mass is 554 g/mol. The lowest BCUT2D eigenvalue weighted by Crippen LogP contribution is -2.46. The average molecular weight is 555 g/mol.